The largest absolute Gasteiger partial charge is 0.493 e. The molecule has 0 saturated heterocycles. The van der Waals surface area contributed by atoms with Gasteiger partial charge in [0, 0.05) is 6.54 Å². The van der Waals surface area contributed by atoms with Crippen molar-refractivity contribution in [2.24, 2.45) is 0 Å². The lowest BCUT2D eigenvalue weighted by Gasteiger charge is -2.10. The molecule has 0 radical (unpaired) electrons. The van der Waals surface area contributed by atoms with Crippen molar-refractivity contribution in [3.8, 4) is 11.5 Å². The van der Waals surface area contributed by atoms with Crippen LogP contribution < -0.4 is 14.8 Å². The predicted molar refractivity (Wildman–Crippen MR) is 83.7 cm³/mol. The van der Waals surface area contributed by atoms with Crippen molar-refractivity contribution in [3.05, 3.63) is 59.7 Å². The Labute approximate surface area is 133 Å². The maximum atomic E-state index is 11.8. The number of nitrogens with one attached hydrogen (secondary N) is 1. The Balaban J connectivity index is 1.86. The third-order valence-electron chi connectivity index (χ3n) is 3.09. The number of hydrogen-bond donors (Lipinski definition) is 2. The van der Waals surface area contributed by atoms with Crippen LogP contribution in [-0.4, -0.2) is 30.7 Å². The van der Waals surface area contributed by atoms with Crippen LogP contribution in [0.5, 0.6) is 11.5 Å². The minimum atomic E-state index is -1.00. The molecule has 0 aromatic heterocycles. The van der Waals surface area contributed by atoms with Crippen molar-refractivity contribution < 1.29 is 24.2 Å². The molecule has 0 fully saturated rings. The number of methoxy groups -OCH3 is 1. The van der Waals surface area contributed by atoms with E-state index in [-0.39, 0.29) is 24.6 Å². The van der Waals surface area contributed by atoms with Crippen LogP contribution >= 0.6 is 0 Å². The summed E-state index contributed by atoms with van der Waals surface area (Å²) in [5, 5.41) is 11.6. The van der Waals surface area contributed by atoms with Gasteiger partial charge >= 0.3 is 5.97 Å². The summed E-state index contributed by atoms with van der Waals surface area (Å²) in [4.78, 5) is 22.7. The second kappa shape index (κ2) is 7.84. The van der Waals surface area contributed by atoms with Crippen LogP contribution in [-0.2, 0) is 11.3 Å². The molecule has 6 nitrogen and oxygen atoms in total. The first-order chi connectivity index (χ1) is 11.1. The number of carboxylic acid groups (broad SMARTS) is 1. The lowest BCUT2D eigenvalue weighted by molar-refractivity contribution is -0.123. The van der Waals surface area contributed by atoms with Crippen LogP contribution in [0.15, 0.2) is 48.5 Å². The number of ether oxygens (including phenoxy) is 2. The maximum Gasteiger partial charge on any atom is 0.335 e. The summed E-state index contributed by atoms with van der Waals surface area (Å²) in [5.41, 5.74) is 0.887. The zero-order valence-corrected chi connectivity index (χ0v) is 12.6. The summed E-state index contributed by atoms with van der Waals surface area (Å²) in [6.45, 7) is 0.0776. The number of hydrogen-bond acceptors (Lipinski definition) is 4. The molecule has 23 heavy (non-hydrogen) atoms. The summed E-state index contributed by atoms with van der Waals surface area (Å²) in [5.74, 6) is -0.276. The van der Waals surface area contributed by atoms with Gasteiger partial charge in [0.15, 0.2) is 18.1 Å². The first-order valence-electron chi connectivity index (χ1n) is 6.95. The van der Waals surface area contributed by atoms with Gasteiger partial charge in [0.1, 0.15) is 0 Å². The van der Waals surface area contributed by atoms with Crippen molar-refractivity contribution in [1.82, 2.24) is 5.32 Å². The van der Waals surface area contributed by atoms with Gasteiger partial charge < -0.3 is 19.9 Å². The smallest absolute Gasteiger partial charge is 0.335 e. The summed E-state index contributed by atoms with van der Waals surface area (Å²) < 4.78 is 10.5. The number of amides is 1. The highest BCUT2D eigenvalue weighted by molar-refractivity contribution is 5.87. The molecule has 1 amide bonds. The highest BCUT2D eigenvalue weighted by Gasteiger charge is 2.08. The zero-order valence-electron chi connectivity index (χ0n) is 12.6. The minimum absolute atomic E-state index is 0.154. The molecule has 6 heteroatoms. The SMILES string of the molecule is COc1ccccc1OCC(=O)NCc1cccc(C(=O)O)c1. The normalized spacial score (nSPS) is 9.96. The third-order valence-corrected chi connectivity index (χ3v) is 3.09. The van der Waals surface area contributed by atoms with Gasteiger partial charge in [-0.25, -0.2) is 4.79 Å². The molecular formula is C17H17NO5. The number of carbonyl (C=O) groups is 2. The van der Waals surface area contributed by atoms with Gasteiger partial charge in [0.2, 0.25) is 0 Å². The first kappa shape index (κ1) is 16.4. The average molecular weight is 315 g/mol. The second-order valence-corrected chi connectivity index (χ2v) is 4.72. The van der Waals surface area contributed by atoms with E-state index < -0.39 is 5.97 Å². The molecule has 2 rings (SSSR count). The van der Waals surface area contributed by atoms with Crippen LogP contribution in [0.1, 0.15) is 15.9 Å². The number of carboxylic acids is 1. The molecular weight excluding hydrogens is 298 g/mol. The molecule has 120 valence electrons. The molecule has 0 spiro atoms. The first-order valence-corrected chi connectivity index (χ1v) is 6.95. The van der Waals surface area contributed by atoms with Crippen molar-refractivity contribution in [1.29, 1.82) is 0 Å². The van der Waals surface area contributed by atoms with Gasteiger partial charge in [-0.3, -0.25) is 4.79 Å². The standard InChI is InChI=1S/C17H17NO5/c1-22-14-7-2-3-8-15(14)23-11-16(19)18-10-12-5-4-6-13(9-12)17(20)21/h2-9H,10-11H2,1H3,(H,18,19)(H,20,21). The van der Waals surface area contributed by atoms with E-state index in [1.165, 1.54) is 19.2 Å². The Hall–Kier alpha value is -3.02. The molecule has 2 aromatic carbocycles. The minimum Gasteiger partial charge on any atom is -0.493 e. The van der Waals surface area contributed by atoms with Crippen LogP contribution in [0.3, 0.4) is 0 Å². The van der Waals surface area contributed by atoms with Crippen LogP contribution in [0.25, 0.3) is 0 Å². The number of carbonyl (C=O) groups excluding carboxylic acids is 1. The monoisotopic (exact) mass is 315 g/mol. The van der Waals surface area contributed by atoms with Crippen molar-refractivity contribution in [2.45, 2.75) is 6.54 Å². The van der Waals surface area contributed by atoms with Gasteiger partial charge in [-0.05, 0) is 29.8 Å². The zero-order chi connectivity index (χ0) is 16.7. The Bertz CT molecular complexity index is 699. The number of rotatable bonds is 7. The fraction of sp³-hybridized carbons (Fsp3) is 0.176. The molecule has 0 unspecified atom stereocenters. The van der Waals surface area contributed by atoms with E-state index in [4.69, 9.17) is 14.6 Å². The molecule has 0 heterocycles. The second-order valence-electron chi connectivity index (χ2n) is 4.72. The van der Waals surface area contributed by atoms with Crippen molar-refractivity contribution in [2.75, 3.05) is 13.7 Å². The van der Waals surface area contributed by atoms with Gasteiger partial charge in [-0.1, -0.05) is 24.3 Å². The average Bonchev–Trinajstić information content (AvgIpc) is 2.58. The number of aromatic carboxylic acids is 1. The molecule has 0 aliphatic rings. The summed E-state index contributed by atoms with van der Waals surface area (Å²) in [6.07, 6.45) is 0. The summed E-state index contributed by atoms with van der Waals surface area (Å²) >= 11 is 0. The van der Waals surface area contributed by atoms with Crippen LogP contribution in [0.2, 0.25) is 0 Å². The quantitative estimate of drug-likeness (QED) is 0.817. The predicted octanol–water partition coefficient (Wildman–Crippen LogP) is 2.09. The van der Waals surface area contributed by atoms with E-state index in [9.17, 15) is 9.59 Å². The Kier molecular flexibility index (Phi) is 5.57. The Morgan fingerprint density at radius 2 is 1.83 bits per heavy atom. The molecule has 0 bridgehead atoms. The van der Waals surface area contributed by atoms with Gasteiger partial charge in [-0.2, -0.15) is 0 Å². The van der Waals surface area contributed by atoms with Gasteiger partial charge in [-0.15, -0.1) is 0 Å². The Morgan fingerprint density at radius 3 is 2.52 bits per heavy atom. The van der Waals surface area contributed by atoms with Crippen LogP contribution in [0, 0.1) is 0 Å². The van der Waals surface area contributed by atoms with Gasteiger partial charge in [0.25, 0.3) is 5.91 Å². The summed E-state index contributed by atoms with van der Waals surface area (Å²) in [7, 11) is 1.53. The molecule has 2 aromatic rings. The van der Waals surface area contributed by atoms with E-state index in [0.29, 0.717) is 17.1 Å². The van der Waals surface area contributed by atoms with Crippen molar-refractivity contribution in [3.63, 3.8) is 0 Å². The van der Waals surface area contributed by atoms with E-state index in [1.807, 2.05) is 0 Å². The molecule has 0 atom stereocenters. The van der Waals surface area contributed by atoms with E-state index in [1.54, 1.807) is 36.4 Å². The number of para-hydroxylation sites is 2. The highest BCUT2D eigenvalue weighted by Crippen LogP contribution is 2.25. The lowest BCUT2D eigenvalue weighted by Crippen LogP contribution is -2.28. The molecule has 0 saturated carbocycles. The number of benzene rings is 2. The maximum absolute atomic E-state index is 11.8. The van der Waals surface area contributed by atoms with E-state index >= 15 is 0 Å². The fourth-order valence-electron chi connectivity index (χ4n) is 1.95. The van der Waals surface area contributed by atoms with Crippen molar-refractivity contribution >= 4 is 11.9 Å². The van der Waals surface area contributed by atoms with Gasteiger partial charge in [0.05, 0.1) is 12.7 Å². The molecule has 2 N–H and O–H groups in total. The van der Waals surface area contributed by atoms with Crippen LogP contribution in [0.4, 0.5) is 0 Å². The molecule has 0 aliphatic heterocycles. The van der Waals surface area contributed by atoms with E-state index in [0.717, 1.165) is 0 Å². The Morgan fingerprint density at radius 1 is 1.09 bits per heavy atom. The lowest BCUT2D eigenvalue weighted by atomic mass is 10.1. The highest BCUT2D eigenvalue weighted by atomic mass is 16.5. The third kappa shape index (κ3) is 4.74. The molecule has 0 aliphatic carbocycles. The summed E-state index contributed by atoms with van der Waals surface area (Å²) in [6, 6.07) is 13.4. The topological polar surface area (TPSA) is 84.9 Å². The van der Waals surface area contributed by atoms with E-state index in [2.05, 4.69) is 5.32 Å². The fourth-order valence-corrected chi connectivity index (χ4v) is 1.95.